The Labute approximate surface area is 102 Å². The summed E-state index contributed by atoms with van der Waals surface area (Å²) in [5.41, 5.74) is 7.55. The highest BCUT2D eigenvalue weighted by atomic mass is 32.2. The van der Waals surface area contributed by atoms with Crippen molar-refractivity contribution in [2.75, 3.05) is 17.6 Å². The van der Waals surface area contributed by atoms with Crippen LogP contribution in [0.3, 0.4) is 0 Å². The lowest BCUT2D eigenvalue weighted by Gasteiger charge is -2.09. The molecule has 0 aromatic heterocycles. The van der Waals surface area contributed by atoms with Crippen molar-refractivity contribution in [1.29, 1.82) is 0 Å². The van der Waals surface area contributed by atoms with Crippen LogP contribution in [0.25, 0.3) is 0 Å². The second kappa shape index (κ2) is 6.00. The Morgan fingerprint density at radius 1 is 1.29 bits per heavy atom. The summed E-state index contributed by atoms with van der Waals surface area (Å²) in [7, 11) is -3.39. The summed E-state index contributed by atoms with van der Waals surface area (Å²) in [6.45, 7) is 2.63. The van der Waals surface area contributed by atoms with Crippen molar-refractivity contribution < 1.29 is 8.42 Å². The van der Waals surface area contributed by atoms with E-state index < -0.39 is 10.0 Å². The van der Waals surface area contributed by atoms with Crippen LogP contribution in [-0.4, -0.2) is 26.8 Å². The molecule has 17 heavy (non-hydrogen) atoms. The Kier molecular flexibility index (Phi) is 4.92. The van der Waals surface area contributed by atoms with Gasteiger partial charge in [0.15, 0.2) is 0 Å². The predicted octanol–water partition coefficient (Wildman–Crippen LogP) is 0.277. The van der Waals surface area contributed by atoms with Crippen LogP contribution < -0.4 is 16.2 Å². The molecule has 1 aromatic carbocycles. The molecular formula is C11H19N3O2S. The standard InChI is InChI=1S/C11H19N3O2S/c1-9(12)8-14-11-4-2-10(3-5-11)6-7-17(13,15)16/h2-5,9,14H,6-8,12H2,1H3,(H2,13,15,16). The molecule has 0 fully saturated rings. The van der Waals surface area contributed by atoms with E-state index in [2.05, 4.69) is 5.32 Å². The fraction of sp³-hybridized carbons (Fsp3) is 0.455. The summed E-state index contributed by atoms with van der Waals surface area (Å²) in [6.07, 6.45) is 0.437. The third kappa shape index (κ3) is 6.25. The first kappa shape index (κ1) is 14.0. The first-order valence-electron chi connectivity index (χ1n) is 5.46. The largest absolute Gasteiger partial charge is 0.383 e. The Morgan fingerprint density at radius 3 is 2.35 bits per heavy atom. The molecule has 1 aromatic rings. The van der Waals surface area contributed by atoms with Crippen molar-refractivity contribution >= 4 is 15.7 Å². The van der Waals surface area contributed by atoms with E-state index in [1.54, 1.807) is 0 Å². The zero-order chi connectivity index (χ0) is 12.9. The van der Waals surface area contributed by atoms with Gasteiger partial charge in [0, 0.05) is 18.3 Å². The average Bonchev–Trinajstić information content (AvgIpc) is 2.24. The Morgan fingerprint density at radius 2 is 1.88 bits per heavy atom. The summed E-state index contributed by atoms with van der Waals surface area (Å²) < 4.78 is 21.6. The van der Waals surface area contributed by atoms with Gasteiger partial charge >= 0.3 is 0 Å². The van der Waals surface area contributed by atoms with Crippen LogP contribution in [-0.2, 0) is 16.4 Å². The van der Waals surface area contributed by atoms with Crippen LogP contribution in [0, 0.1) is 0 Å². The van der Waals surface area contributed by atoms with E-state index in [0.717, 1.165) is 11.3 Å². The SMILES string of the molecule is CC(N)CNc1ccc(CCS(N)(=O)=O)cc1. The number of aryl methyl sites for hydroxylation is 1. The van der Waals surface area contributed by atoms with Crippen molar-refractivity contribution in [3.05, 3.63) is 29.8 Å². The monoisotopic (exact) mass is 257 g/mol. The van der Waals surface area contributed by atoms with Crippen molar-refractivity contribution in [3.8, 4) is 0 Å². The molecule has 0 radical (unpaired) electrons. The number of hydrogen-bond donors (Lipinski definition) is 3. The minimum absolute atomic E-state index is 0.0282. The van der Waals surface area contributed by atoms with Crippen LogP contribution in [0.2, 0.25) is 0 Å². The topological polar surface area (TPSA) is 98.2 Å². The molecule has 0 aliphatic rings. The molecule has 96 valence electrons. The molecule has 0 aliphatic carbocycles. The normalized spacial score (nSPS) is 13.4. The summed E-state index contributed by atoms with van der Waals surface area (Å²) in [4.78, 5) is 0. The molecule has 0 saturated carbocycles. The van der Waals surface area contributed by atoms with Gasteiger partial charge in [-0.05, 0) is 31.0 Å². The van der Waals surface area contributed by atoms with Gasteiger partial charge in [-0.1, -0.05) is 12.1 Å². The lowest BCUT2D eigenvalue weighted by atomic mass is 10.1. The summed E-state index contributed by atoms with van der Waals surface area (Å²) in [5.74, 6) is -0.0282. The van der Waals surface area contributed by atoms with Crippen molar-refractivity contribution in [1.82, 2.24) is 0 Å². The zero-order valence-corrected chi connectivity index (χ0v) is 10.7. The van der Waals surface area contributed by atoms with Gasteiger partial charge in [0.25, 0.3) is 0 Å². The lowest BCUT2D eigenvalue weighted by Crippen LogP contribution is -2.25. The first-order chi connectivity index (χ1) is 7.87. The van der Waals surface area contributed by atoms with Crippen molar-refractivity contribution in [3.63, 3.8) is 0 Å². The average molecular weight is 257 g/mol. The molecule has 0 heterocycles. The maximum atomic E-state index is 10.8. The molecule has 0 amide bonds. The molecule has 5 nitrogen and oxygen atoms in total. The maximum Gasteiger partial charge on any atom is 0.209 e. The highest BCUT2D eigenvalue weighted by Crippen LogP contribution is 2.10. The molecule has 0 aliphatic heterocycles. The van der Waals surface area contributed by atoms with Crippen LogP contribution in [0.5, 0.6) is 0 Å². The number of hydrogen-bond acceptors (Lipinski definition) is 4. The molecular weight excluding hydrogens is 238 g/mol. The summed E-state index contributed by atoms with van der Waals surface area (Å²) >= 11 is 0. The number of sulfonamides is 1. The smallest absolute Gasteiger partial charge is 0.209 e. The van der Waals surface area contributed by atoms with Crippen LogP contribution in [0.15, 0.2) is 24.3 Å². The van der Waals surface area contributed by atoms with Gasteiger partial charge in [0.2, 0.25) is 10.0 Å². The van der Waals surface area contributed by atoms with E-state index in [0.29, 0.717) is 13.0 Å². The third-order valence-electron chi connectivity index (χ3n) is 2.26. The fourth-order valence-electron chi connectivity index (χ4n) is 1.33. The highest BCUT2D eigenvalue weighted by Gasteiger charge is 2.03. The molecule has 1 atom stereocenters. The van der Waals surface area contributed by atoms with E-state index in [1.165, 1.54) is 0 Å². The van der Waals surface area contributed by atoms with Gasteiger partial charge in [-0.3, -0.25) is 0 Å². The number of benzene rings is 1. The fourth-order valence-corrected chi connectivity index (χ4v) is 1.85. The summed E-state index contributed by atoms with van der Waals surface area (Å²) in [5, 5.41) is 8.12. The second-order valence-electron chi connectivity index (χ2n) is 4.17. The van der Waals surface area contributed by atoms with E-state index in [9.17, 15) is 8.42 Å². The van der Waals surface area contributed by atoms with Gasteiger partial charge in [0.05, 0.1) is 5.75 Å². The Bertz CT molecular complexity index is 440. The van der Waals surface area contributed by atoms with Gasteiger partial charge in [-0.15, -0.1) is 0 Å². The zero-order valence-electron chi connectivity index (χ0n) is 9.89. The molecule has 6 heteroatoms. The quantitative estimate of drug-likeness (QED) is 0.681. The molecule has 1 unspecified atom stereocenters. The number of nitrogens with one attached hydrogen (secondary N) is 1. The van der Waals surface area contributed by atoms with Crippen LogP contribution >= 0.6 is 0 Å². The highest BCUT2D eigenvalue weighted by molar-refractivity contribution is 7.89. The van der Waals surface area contributed by atoms with E-state index in [4.69, 9.17) is 10.9 Å². The number of nitrogens with two attached hydrogens (primary N) is 2. The molecule has 0 saturated heterocycles. The van der Waals surface area contributed by atoms with E-state index in [-0.39, 0.29) is 11.8 Å². The number of primary sulfonamides is 1. The molecule has 1 rings (SSSR count). The minimum atomic E-state index is -3.39. The second-order valence-corrected chi connectivity index (χ2v) is 5.91. The van der Waals surface area contributed by atoms with Crippen molar-refractivity contribution in [2.24, 2.45) is 10.9 Å². The van der Waals surface area contributed by atoms with Crippen molar-refractivity contribution in [2.45, 2.75) is 19.4 Å². The van der Waals surface area contributed by atoms with Gasteiger partial charge < -0.3 is 11.1 Å². The molecule has 0 bridgehead atoms. The van der Waals surface area contributed by atoms with E-state index in [1.807, 2.05) is 31.2 Å². The molecule has 5 N–H and O–H groups in total. The van der Waals surface area contributed by atoms with Crippen LogP contribution in [0.4, 0.5) is 5.69 Å². The number of rotatable bonds is 6. The Hall–Kier alpha value is -1.11. The van der Waals surface area contributed by atoms with Crippen LogP contribution in [0.1, 0.15) is 12.5 Å². The van der Waals surface area contributed by atoms with Gasteiger partial charge in [0.1, 0.15) is 0 Å². The predicted molar refractivity (Wildman–Crippen MR) is 70.3 cm³/mol. The van der Waals surface area contributed by atoms with E-state index >= 15 is 0 Å². The molecule has 0 spiro atoms. The van der Waals surface area contributed by atoms with Gasteiger partial charge in [-0.2, -0.15) is 0 Å². The Balaban J connectivity index is 2.50. The third-order valence-corrected chi connectivity index (χ3v) is 3.03. The lowest BCUT2D eigenvalue weighted by molar-refractivity contribution is 0.597. The number of anilines is 1. The summed E-state index contributed by atoms with van der Waals surface area (Å²) in [6, 6.07) is 7.67. The van der Waals surface area contributed by atoms with Gasteiger partial charge in [-0.25, -0.2) is 13.6 Å². The minimum Gasteiger partial charge on any atom is -0.383 e. The first-order valence-corrected chi connectivity index (χ1v) is 7.17. The maximum absolute atomic E-state index is 10.8.